The van der Waals surface area contributed by atoms with Gasteiger partial charge in [-0.2, -0.15) is 0 Å². The standard InChI is InChI=1S/C18H23N5O3S/c1-10-8-27-15(20-10)7-23-6-13-12(14-3-4-18(13,9-23)25-14)5-19-17(24)16-11(2)21-26-22-16/h8,12-14H,3-7,9H2,1-2H3,(H,19,24)/t12-,13+,14+,18+/m0/s1. The van der Waals surface area contributed by atoms with E-state index in [-0.39, 0.29) is 23.3 Å². The third-order valence-electron chi connectivity index (χ3n) is 6.25. The molecule has 3 saturated heterocycles. The maximum Gasteiger partial charge on any atom is 0.275 e. The van der Waals surface area contributed by atoms with Gasteiger partial charge in [-0.25, -0.2) is 9.61 Å². The summed E-state index contributed by atoms with van der Waals surface area (Å²) in [4.78, 5) is 19.4. The summed E-state index contributed by atoms with van der Waals surface area (Å²) >= 11 is 1.72. The first-order chi connectivity index (χ1) is 13.0. The van der Waals surface area contributed by atoms with Crippen LogP contribution in [-0.4, -0.2) is 57.4 Å². The molecule has 0 unspecified atom stereocenters. The lowest BCUT2D eigenvalue weighted by Crippen LogP contribution is -2.42. The minimum atomic E-state index is -0.223. The molecule has 3 aliphatic heterocycles. The topological polar surface area (TPSA) is 93.4 Å². The van der Waals surface area contributed by atoms with E-state index in [1.165, 1.54) is 0 Å². The van der Waals surface area contributed by atoms with Crippen molar-refractivity contribution in [3.05, 3.63) is 27.5 Å². The molecule has 2 aromatic rings. The summed E-state index contributed by atoms with van der Waals surface area (Å²) < 4.78 is 11.1. The van der Waals surface area contributed by atoms with Crippen LogP contribution < -0.4 is 5.32 Å². The monoisotopic (exact) mass is 389 g/mol. The number of fused-ring (bicyclic) bond motifs is 1. The molecule has 5 rings (SSSR count). The van der Waals surface area contributed by atoms with E-state index in [0.717, 1.165) is 43.2 Å². The number of hydrogen-bond donors (Lipinski definition) is 1. The van der Waals surface area contributed by atoms with E-state index in [0.29, 0.717) is 24.1 Å². The highest BCUT2D eigenvalue weighted by atomic mass is 32.1. The molecule has 0 aromatic carbocycles. The van der Waals surface area contributed by atoms with Crippen LogP contribution >= 0.6 is 11.3 Å². The van der Waals surface area contributed by atoms with Gasteiger partial charge in [0.1, 0.15) is 10.7 Å². The maximum absolute atomic E-state index is 12.4. The van der Waals surface area contributed by atoms with Crippen LogP contribution in [0.4, 0.5) is 0 Å². The zero-order valence-corrected chi connectivity index (χ0v) is 16.3. The molecule has 27 heavy (non-hydrogen) atoms. The lowest BCUT2D eigenvalue weighted by molar-refractivity contribution is 0.00212. The predicted octanol–water partition coefficient (Wildman–Crippen LogP) is 1.55. The van der Waals surface area contributed by atoms with E-state index in [1.807, 2.05) is 6.92 Å². The lowest BCUT2D eigenvalue weighted by atomic mass is 9.73. The van der Waals surface area contributed by atoms with Crippen molar-refractivity contribution in [1.82, 2.24) is 25.5 Å². The van der Waals surface area contributed by atoms with Crippen LogP contribution in [0.5, 0.6) is 0 Å². The molecule has 1 amide bonds. The van der Waals surface area contributed by atoms with Crippen molar-refractivity contribution >= 4 is 17.2 Å². The summed E-state index contributed by atoms with van der Waals surface area (Å²) in [5, 5.41) is 13.7. The zero-order valence-electron chi connectivity index (χ0n) is 15.5. The van der Waals surface area contributed by atoms with E-state index in [9.17, 15) is 4.79 Å². The second kappa shape index (κ2) is 6.35. The molecule has 3 aliphatic rings. The second-order valence-corrected chi connectivity index (χ2v) is 8.93. The number of carbonyl (C=O) groups is 1. The largest absolute Gasteiger partial charge is 0.370 e. The minimum Gasteiger partial charge on any atom is -0.370 e. The van der Waals surface area contributed by atoms with Gasteiger partial charge in [-0.1, -0.05) is 5.16 Å². The fourth-order valence-corrected chi connectivity index (χ4v) is 5.89. The van der Waals surface area contributed by atoms with Crippen LogP contribution in [0.3, 0.4) is 0 Å². The molecule has 1 spiro atoms. The van der Waals surface area contributed by atoms with Crippen molar-refractivity contribution in [1.29, 1.82) is 0 Å². The molecule has 8 nitrogen and oxygen atoms in total. The molecule has 3 fully saturated rings. The molecule has 1 N–H and O–H groups in total. The zero-order chi connectivity index (χ0) is 18.6. The average Bonchev–Trinajstić information content (AvgIpc) is 3.41. The Bertz CT molecular complexity index is 867. The minimum absolute atomic E-state index is 0.0439. The van der Waals surface area contributed by atoms with Crippen LogP contribution in [-0.2, 0) is 11.3 Å². The van der Waals surface area contributed by atoms with E-state index in [1.54, 1.807) is 18.3 Å². The van der Waals surface area contributed by atoms with Crippen molar-refractivity contribution in [3.8, 4) is 0 Å². The van der Waals surface area contributed by atoms with Crippen molar-refractivity contribution in [2.75, 3.05) is 19.6 Å². The molecule has 2 bridgehead atoms. The third-order valence-corrected chi connectivity index (χ3v) is 7.20. The number of rotatable bonds is 5. The normalized spacial score (nSPS) is 32.1. The Labute approximate surface area is 161 Å². The molecular weight excluding hydrogens is 366 g/mol. The average molecular weight is 389 g/mol. The Kier molecular flexibility index (Phi) is 4.06. The number of ether oxygens (including phenoxy) is 1. The number of nitrogens with zero attached hydrogens (tertiary/aromatic N) is 4. The number of aromatic nitrogens is 3. The number of aryl methyl sites for hydroxylation is 2. The molecule has 4 atom stereocenters. The Morgan fingerprint density at radius 2 is 2.33 bits per heavy atom. The summed E-state index contributed by atoms with van der Waals surface area (Å²) in [6, 6.07) is 0. The summed E-state index contributed by atoms with van der Waals surface area (Å²) in [6.45, 7) is 7.20. The van der Waals surface area contributed by atoms with E-state index in [4.69, 9.17) is 4.74 Å². The first-order valence-electron chi connectivity index (χ1n) is 9.43. The van der Waals surface area contributed by atoms with Gasteiger partial charge in [0.15, 0.2) is 5.69 Å². The SMILES string of the molecule is Cc1csc(CN2C[C@@H]3[C@H](CNC(=O)c4nonc4C)[C@H]4CC[C@]3(C2)O4)n1. The number of nitrogens with one attached hydrogen (secondary N) is 1. The first-order valence-corrected chi connectivity index (χ1v) is 10.3. The van der Waals surface area contributed by atoms with Gasteiger partial charge in [0.05, 0.1) is 18.2 Å². The van der Waals surface area contributed by atoms with Gasteiger partial charge in [-0.15, -0.1) is 11.3 Å². The summed E-state index contributed by atoms with van der Waals surface area (Å²) in [6.07, 6.45) is 2.44. The highest BCUT2D eigenvalue weighted by molar-refractivity contribution is 7.09. The molecule has 0 aliphatic carbocycles. The molecular formula is C18H23N5O3S. The lowest BCUT2D eigenvalue weighted by Gasteiger charge is -2.29. The van der Waals surface area contributed by atoms with Gasteiger partial charge in [-0.05, 0) is 31.8 Å². The van der Waals surface area contributed by atoms with Gasteiger partial charge >= 0.3 is 0 Å². The Morgan fingerprint density at radius 1 is 1.44 bits per heavy atom. The van der Waals surface area contributed by atoms with Crippen LogP contribution in [0.1, 0.15) is 39.7 Å². The number of likely N-dealkylation sites (tertiary alicyclic amines) is 1. The molecule has 0 saturated carbocycles. The molecule has 5 heterocycles. The van der Waals surface area contributed by atoms with Gasteiger partial charge in [-0.3, -0.25) is 9.69 Å². The quantitative estimate of drug-likeness (QED) is 0.829. The molecule has 144 valence electrons. The Balaban J connectivity index is 1.25. The molecule has 0 radical (unpaired) electrons. The highest BCUT2D eigenvalue weighted by Gasteiger charge is 2.62. The van der Waals surface area contributed by atoms with Crippen LogP contribution in [0.15, 0.2) is 10.0 Å². The van der Waals surface area contributed by atoms with E-state index < -0.39 is 0 Å². The van der Waals surface area contributed by atoms with Crippen molar-refractivity contribution in [3.63, 3.8) is 0 Å². The van der Waals surface area contributed by atoms with Crippen molar-refractivity contribution < 1.29 is 14.2 Å². The third kappa shape index (κ3) is 2.88. The summed E-state index contributed by atoms with van der Waals surface area (Å²) in [5.41, 5.74) is 1.82. The van der Waals surface area contributed by atoms with Gasteiger partial charge in [0, 0.05) is 42.5 Å². The van der Waals surface area contributed by atoms with Crippen LogP contribution in [0.2, 0.25) is 0 Å². The fraction of sp³-hybridized carbons (Fsp3) is 0.667. The number of amides is 1. The summed E-state index contributed by atoms with van der Waals surface area (Å²) in [7, 11) is 0. The van der Waals surface area contributed by atoms with Crippen LogP contribution in [0, 0.1) is 25.7 Å². The maximum atomic E-state index is 12.4. The van der Waals surface area contributed by atoms with E-state index in [2.05, 4.69) is 35.5 Å². The number of carbonyl (C=O) groups excluding carboxylic acids is 1. The molecule has 9 heteroatoms. The second-order valence-electron chi connectivity index (χ2n) is 7.99. The first kappa shape index (κ1) is 17.3. The van der Waals surface area contributed by atoms with Crippen molar-refractivity contribution in [2.45, 2.75) is 44.9 Å². The number of thiazole rings is 1. The van der Waals surface area contributed by atoms with Crippen molar-refractivity contribution in [2.24, 2.45) is 11.8 Å². The predicted molar refractivity (Wildman–Crippen MR) is 97.3 cm³/mol. The van der Waals surface area contributed by atoms with Gasteiger partial charge in [0.25, 0.3) is 5.91 Å². The highest BCUT2D eigenvalue weighted by Crippen LogP contribution is 2.54. The van der Waals surface area contributed by atoms with Gasteiger partial charge < -0.3 is 10.1 Å². The number of hydrogen-bond acceptors (Lipinski definition) is 8. The Hall–Kier alpha value is -1.84. The molecule has 2 aromatic heterocycles. The smallest absolute Gasteiger partial charge is 0.275 e. The van der Waals surface area contributed by atoms with E-state index >= 15 is 0 Å². The Morgan fingerprint density at radius 3 is 3.07 bits per heavy atom. The summed E-state index contributed by atoms with van der Waals surface area (Å²) in [5.74, 6) is 0.568. The fourth-order valence-electron chi connectivity index (χ4n) is 5.08. The van der Waals surface area contributed by atoms with Gasteiger partial charge in [0.2, 0.25) is 0 Å². The van der Waals surface area contributed by atoms with Crippen LogP contribution in [0.25, 0.3) is 0 Å².